The Labute approximate surface area is 107 Å². The predicted molar refractivity (Wildman–Crippen MR) is 61.7 cm³/mol. The van der Waals surface area contributed by atoms with Crippen molar-refractivity contribution in [1.82, 2.24) is 0 Å². The van der Waals surface area contributed by atoms with E-state index in [1.165, 1.54) is 12.1 Å². The topological polar surface area (TPSA) is 66.4 Å². The van der Waals surface area contributed by atoms with Gasteiger partial charge in [0.15, 0.2) is 0 Å². The first-order valence-corrected chi connectivity index (χ1v) is 5.43. The second-order valence-electron chi connectivity index (χ2n) is 3.93. The molecule has 0 atom stereocenters. The molecule has 2 N–H and O–H groups in total. The first-order valence-electron chi connectivity index (χ1n) is 5.43. The number of carboxylic acids is 1. The van der Waals surface area contributed by atoms with E-state index in [-0.39, 0.29) is 18.5 Å². The summed E-state index contributed by atoms with van der Waals surface area (Å²) in [7, 11) is 0. The number of anilines is 1. The zero-order valence-corrected chi connectivity index (χ0v) is 9.83. The van der Waals surface area contributed by atoms with Crippen LogP contribution in [-0.2, 0) is 16.0 Å². The lowest BCUT2D eigenvalue weighted by atomic mass is 10.1. The minimum atomic E-state index is -4.55. The molecule has 0 aliphatic carbocycles. The van der Waals surface area contributed by atoms with E-state index >= 15 is 0 Å². The molecule has 0 spiro atoms. The van der Waals surface area contributed by atoms with Gasteiger partial charge in [-0.1, -0.05) is 12.1 Å². The fraction of sp³-hybridized carbons (Fsp3) is 0.333. The summed E-state index contributed by atoms with van der Waals surface area (Å²) in [5, 5.41) is 10.6. The molecule has 1 amide bonds. The van der Waals surface area contributed by atoms with Gasteiger partial charge in [0.1, 0.15) is 6.42 Å². The van der Waals surface area contributed by atoms with Crippen LogP contribution in [0.15, 0.2) is 24.3 Å². The van der Waals surface area contributed by atoms with E-state index in [2.05, 4.69) is 5.32 Å². The normalized spacial score (nSPS) is 11.1. The van der Waals surface area contributed by atoms with Crippen LogP contribution in [0.25, 0.3) is 0 Å². The molecule has 0 fully saturated rings. The summed E-state index contributed by atoms with van der Waals surface area (Å²) in [5.41, 5.74) is 0.851. The van der Waals surface area contributed by atoms with Gasteiger partial charge >= 0.3 is 12.1 Å². The number of alkyl halides is 3. The summed E-state index contributed by atoms with van der Waals surface area (Å²) in [4.78, 5) is 21.5. The van der Waals surface area contributed by atoms with Gasteiger partial charge in [0.2, 0.25) is 5.91 Å². The number of amides is 1. The van der Waals surface area contributed by atoms with Gasteiger partial charge in [0.25, 0.3) is 0 Å². The van der Waals surface area contributed by atoms with Gasteiger partial charge < -0.3 is 10.4 Å². The minimum Gasteiger partial charge on any atom is -0.481 e. The lowest BCUT2D eigenvalue weighted by Gasteiger charge is -2.08. The Morgan fingerprint density at radius 2 is 1.95 bits per heavy atom. The second-order valence-corrected chi connectivity index (χ2v) is 3.93. The van der Waals surface area contributed by atoms with Crippen molar-refractivity contribution in [3.63, 3.8) is 0 Å². The number of hydrogen-bond donors (Lipinski definition) is 2. The molecule has 4 nitrogen and oxygen atoms in total. The summed E-state index contributed by atoms with van der Waals surface area (Å²) in [5.74, 6) is -2.12. The van der Waals surface area contributed by atoms with Crippen LogP contribution < -0.4 is 5.32 Å². The maximum atomic E-state index is 12.0. The van der Waals surface area contributed by atoms with E-state index in [0.29, 0.717) is 5.56 Å². The minimum absolute atomic E-state index is 0.0834. The molecule has 0 aliphatic heterocycles. The highest BCUT2D eigenvalue weighted by Gasteiger charge is 2.31. The van der Waals surface area contributed by atoms with Gasteiger partial charge in [-0.25, -0.2) is 0 Å². The lowest BCUT2D eigenvalue weighted by Crippen LogP contribution is -2.21. The highest BCUT2D eigenvalue weighted by Crippen LogP contribution is 2.20. The van der Waals surface area contributed by atoms with Crippen molar-refractivity contribution in [3.05, 3.63) is 29.8 Å². The summed E-state index contributed by atoms with van der Waals surface area (Å²) >= 11 is 0. The predicted octanol–water partition coefficient (Wildman–Crippen LogP) is 2.59. The smallest absolute Gasteiger partial charge is 0.397 e. The van der Waals surface area contributed by atoms with Crippen LogP contribution >= 0.6 is 0 Å². The molecular weight excluding hydrogens is 263 g/mol. The maximum absolute atomic E-state index is 12.0. The molecule has 19 heavy (non-hydrogen) atoms. The van der Waals surface area contributed by atoms with Crippen LogP contribution in [0.3, 0.4) is 0 Å². The molecule has 0 bridgehead atoms. The average molecular weight is 275 g/mol. The monoisotopic (exact) mass is 275 g/mol. The second kappa shape index (κ2) is 6.21. The van der Waals surface area contributed by atoms with Crippen molar-refractivity contribution >= 4 is 17.6 Å². The highest BCUT2D eigenvalue weighted by molar-refractivity contribution is 5.91. The van der Waals surface area contributed by atoms with Crippen molar-refractivity contribution in [2.75, 3.05) is 5.32 Å². The van der Waals surface area contributed by atoms with Crippen molar-refractivity contribution in [2.24, 2.45) is 0 Å². The Bertz CT molecular complexity index is 472. The molecule has 1 aromatic rings. The molecular formula is C12H12F3NO3. The lowest BCUT2D eigenvalue weighted by molar-refractivity contribution is -0.150. The van der Waals surface area contributed by atoms with E-state index in [4.69, 9.17) is 5.11 Å². The molecule has 0 saturated heterocycles. The Morgan fingerprint density at radius 1 is 1.26 bits per heavy atom. The molecule has 0 heterocycles. The highest BCUT2D eigenvalue weighted by atomic mass is 19.4. The SMILES string of the molecule is O=C(O)CCc1cccc(NC(=O)CC(F)(F)F)c1. The Balaban J connectivity index is 2.61. The summed E-state index contributed by atoms with van der Waals surface area (Å²) < 4.78 is 35.9. The number of aryl methyl sites for hydroxylation is 1. The van der Waals surface area contributed by atoms with E-state index < -0.39 is 24.5 Å². The van der Waals surface area contributed by atoms with Gasteiger partial charge in [0.05, 0.1) is 0 Å². The molecule has 0 radical (unpaired) electrons. The number of benzene rings is 1. The number of carbonyl (C=O) groups is 2. The van der Waals surface area contributed by atoms with E-state index in [0.717, 1.165) is 0 Å². The number of carbonyl (C=O) groups excluding carboxylic acids is 1. The third-order valence-electron chi connectivity index (χ3n) is 2.20. The van der Waals surface area contributed by atoms with Gasteiger partial charge in [-0.05, 0) is 24.1 Å². The number of carboxylic acid groups (broad SMARTS) is 1. The third-order valence-corrected chi connectivity index (χ3v) is 2.20. The van der Waals surface area contributed by atoms with Crippen molar-refractivity contribution in [2.45, 2.75) is 25.4 Å². The van der Waals surface area contributed by atoms with Crippen LogP contribution in [0.1, 0.15) is 18.4 Å². The van der Waals surface area contributed by atoms with Gasteiger partial charge in [0, 0.05) is 12.1 Å². The summed E-state index contributed by atoms with van der Waals surface area (Å²) in [6.07, 6.45) is -5.93. The average Bonchev–Trinajstić information content (AvgIpc) is 2.24. The molecule has 1 rings (SSSR count). The Morgan fingerprint density at radius 3 is 2.53 bits per heavy atom. The summed E-state index contributed by atoms with van der Waals surface area (Å²) in [6.45, 7) is 0. The van der Waals surface area contributed by atoms with E-state index in [1.54, 1.807) is 12.1 Å². The number of halogens is 3. The zero-order valence-electron chi connectivity index (χ0n) is 9.83. The largest absolute Gasteiger partial charge is 0.481 e. The third kappa shape index (κ3) is 6.44. The first-order chi connectivity index (χ1) is 8.76. The maximum Gasteiger partial charge on any atom is 0.397 e. The van der Waals surface area contributed by atoms with Gasteiger partial charge in [-0.15, -0.1) is 0 Å². The molecule has 104 valence electrons. The van der Waals surface area contributed by atoms with Gasteiger partial charge in [-0.2, -0.15) is 13.2 Å². The molecule has 1 aromatic carbocycles. The number of nitrogens with one attached hydrogen (secondary N) is 1. The van der Waals surface area contributed by atoms with Gasteiger partial charge in [-0.3, -0.25) is 9.59 Å². The number of aliphatic carboxylic acids is 1. The van der Waals surface area contributed by atoms with Crippen LogP contribution in [0.5, 0.6) is 0 Å². The Kier molecular flexibility index (Phi) is 4.91. The summed E-state index contributed by atoms with van der Waals surface area (Å²) in [6, 6.07) is 6.08. The number of rotatable bonds is 5. The van der Waals surface area contributed by atoms with Crippen molar-refractivity contribution in [1.29, 1.82) is 0 Å². The first kappa shape index (κ1) is 15.0. The fourth-order valence-corrected chi connectivity index (χ4v) is 1.44. The molecule has 0 unspecified atom stereocenters. The van der Waals surface area contributed by atoms with Crippen LogP contribution in [0.2, 0.25) is 0 Å². The molecule has 0 aromatic heterocycles. The Hall–Kier alpha value is -2.05. The van der Waals surface area contributed by atoms with Crippen LogP contribution in [0, 0.1) is 0 Å². The molecule has 0 saturated carbocycles. The van der Waals surface area contributed by atoms with E-state index in [1.807, 2.05) is 0 Å². The zero-order chi connectivity index (χ0) is 14.5. The van der Waals surface area contributed by atoms with Crippen molar-refractivity contribution in [3.8, 4) is 0 Å². The van der Waals surface area contributed by atoms with E-state index in [9.17, 15) is 22.8 Å². The van der Waals surface area contributed by atoms with Crippen LogP contribution in [-0.4, -0.2) is 23.2 Å². The number of hydrogen-bond acceptors (Lipinski definition) is 2. The molecule has 7 heteroatoms. The quantitative estimate of drug-likeness (QED) is 0.868. The molecule has 0 aliphatic rings. The standard InChI is InChI=1S/C12H12F3NO3/c13-12(14,15)7-10(17)16-9-3-1-2-8(6-9)4-5-11(18)19/h1-3,6H,4-5,7H2,(H,16,17)(H,18,19). The van der Waals surface area contributed by atoms with Crippen molar-refractivity contribution < 1.29 is 27.9 Å². The fourth-order valence-electron chi connectivity index (χ4n) is 1.44. The van der Waals surface area contributed by atoms with Crippen LogP contribution in [0.4, 0.5) is 18.9 Å².